The molecule has 0 unspecified atom stereocenters. The highest BCUT2D eigenvalue weighted by molar-refractivity contribution is 6.22. The third-order valence-corrected chi connectivity index (χ3v) is 17.7. The Balaban J connectivity index is 0.895. The molecule has 3 aromatic heterocycles. The van der Waals surface area contributed by atoms with Crippen LogP contribution >= 0.6 is 0 Å². The Morgan fingerprint density at radius 2 is 0.851 bits per heavy atom. The van der Waals surface area contributed by atoms with Crippen LogP contribution in [0.1, 0.15) is 80.5 Å². The van der Waals surface area contributed by atoms with Gasteiger partial charge in [-0.3, -0.25) is 0 Å². The first-order chi connectivity index (χ1) is 35.9. The lowest BCUT2D eigenvalue weighted by atomic mass is 9.72. The number of anilines is 3. The van der Waals surface area contributed by atoms with E-state index in [1.54, 1.807) is 0 Å². The molecule has 13 aromatic rings. The third-order valence-electron chi connectivity index (χ3n) is 17.7. The van der Waals surface area contributed by atoms with Gasteiger partial charge >= 0.3 is 0 Å². The van der Waals surface area contributed by atoms with Crippen LogP contribution in [0.5, 0.6) is 0 Å². The molecule has 0 saturated heterocycles. The zero-order valence-electron chi connectivity index (χ0n) is 42.5. The molecule has 0 aliphatic heterocycles. The van der Waals surface area contributed by atoms with E-state index in [4.69, 9.17) is 13.3 Å². The Bertz CT molecular complexity index is 4640. The molecule has 4 heteroatoms. The summed E-state index contributed by atoms with van der Waals surface area (Å²) in [6, 6.07) is 66.9. The number of rotatable bonds is 4. The summed E-state index contributed by atoms with van der Waals surface area (Å²) in [6.45, 7) is 16.7. The Hall–Kier alpha value is -8.60. The standard InChI is InChI=1S/C70H51NO3/c1-38-24-27-40(28-25-38)71(42-30-32-46-53(36-42)70(6,7)64-60(46)62-48-19-11-15-23-57(48)74-67(62)63-44-17-8-12-20-51(44)69(4,5)65(63)64)41-29-31-45-52(35-41)68(2,3)54-37-49(66-61(59(45)54)47-18-10-14-22-56(47)73-66)39-26-33-58-50(34-39)43-16-9-13-21-55(43)72-58/h8-37H,1-7H3. The van der Waals surface area contributed by atoms with Crippen molar-refractivity contribution in [3.05, 3.63) is 221 Å². The fraction of sp³-hybridized carbons (Fsp3) is 0.143. The molecule has 0 bridgehead atoms. The molecule has 0 spiro atoms. The minimum atomic E-state index is -0.349. The SMILES string of the molecule is Cc1ccc(N(c2ccc3c(c2)C(C)(C)c2cc(-c4ccc5oc6ccccc6c5c4)c4oc5ccccc5c4c2-3)c2ccc3c(c2)C(C)(C)c2c4c(c5oc6ccccc6c5c2-3)-c2ccccc2C4(C)C)cc1. The van der Waals surface area contributed by atoms with Crippen LogP contribution in [0.3, 0.4) is 0 Å². The molecule has 3 heterocycles. The van der Waals surface area contributed by atoms with Gasteiger partial charge in [0.2, 0.25) is 0 Å². The average molecular weight is 954 g/mol. The van der Waals surface area contributed by atoms with Crippen molar-refractivity contribution in [2.45, 2.75) is 64.7 Å². The maximum absolute atomic E-state index is 7.00. The van der Waals surface area contributed by atoms with Crippen LogP contribution in [0.25, 0.3) is 110 Å². The largest absolute Gasteiger partial charge is 0.456 e. The number of furan rings is 3. The second-order valence-corrected chi connectivity index (χ2v) is 22.8. The second kappa shape index (κ2) is 14.1. The van der Waals surface area contributed by atoms with Crippen molar-refractivity contribution in [1.29, 1.82) is 0 Å². The lowest BCUT2D eigenvalue weighted by Crippen LogP contribution is -2.24. The van der Waals surface area contributed by atoms with E-state index in [1.807, 2.05) is 12.1 Å². The Kier molecular flexibility index (Phi) is 8.01. The van der Waals surface area contributed by atoms with Crippen LogP contribution in [0.2, 0.25) is 0 Å². The fourth-order valence-corrected chi connectivity index (χ4v) is 14.1. The van der Waals surface area contributed by atoms with Gasteiger partial charge in [0.15, 0.2) is 0 Å². The summed E-state index contributed by atoms with van der Waals surface area (Å²) in [5.74, 6) is 0. The van der Waals surface area contributed by atoms with E-state index in [1.165, 1.54) is 83.1 Å². The topological polar surface area (TPSA) is 42.7 Å². The third kappa shape index (κ3) is 5.27. The summed E-state index contributed by atoms with van der Waals surface area (Å²) in [4.78, 5) is 2.48. The summed E-state index contributed by atoms with van der Waals surface area (Å²) in [5, 5.41) is 6.90. The molecule has 74 heavy (non-hydrogen) atoms. The molecule has 0 amide bonds. The molecule has 10 aromatic carbocycles. The lowest BCUT2D eigenvalue weighted by Gasteiger charge is -2.32. The summed E-state index contributed by atoms with van der Waals surface area (Å²) in [5.41, 5.74) is 27.1. The van der Waals surface area contributed by atoms with Crippen molar-refractivity contribution in [2.24, 2.45) is 0 Å². The molecule has 0 atom stereocenters. The zero-order chi connectivity index (χ0) is 49.7. The van der Waals surface area contributed by atoms with Gasteiger partial charge in [-0.2, -0.15) is 0 Å². The number of para-hydroxylation sites is 3. The lowest BCUT2D eigenvalue weighted by molar-refractivity contribution is 0.600. The molecule has 3 aliphatic carbocycles. The van der Waals surface area contributed by atoms with Gasteiger partial charge in [-0.25, -0.2) is 0 Å². The van der Waals surface area contributed by atoms with E-state index in [2.05, 4.69) is 223 Å². The first-order valence-electron chi connectivity index (χ1n) is 26.1. The van der Waals surface area contributed by atoms with E-state index in [0.29, 0.717) is 0 Å². The van der Waals surface area contributed by atoms with Crippen LogP contribution in [0, 0.1) is 6.92 Å². The minimum Gasteiger partial charge on any atom is -0.456 e. The van der Waals surface area contributed by atoms with Gasteiger partial charge in [0, 0.05) is 76.8 Å². The Labute approximate surface area is 429 Å². The van der Waals surface area contributed by atoms with Crippen LogP contribution in [-0.2, 0) is 16.2 Å². The van der Waals surface area contributed by atoms with Crippen molar-refractivity contribution in [1.82, 2.24) is 0 Å². The molecule has 0 fully saturated rings. The smallest absolute Gasteiger partial charge is 0.144 e. The second-order valence-electron chi connectivity index (χ2n) is 22.8. The van der Waals surface area contributed by atoms with Crippen LogP contribution in [0.4, 0.5) is 17.1 Å². The van der Waals surface area contributed by atoms with Gasteiger partial charge in [-0.1, -0.05) is 156 Å². The summed E-state index contributed by atoms with van der Waals surface area (Å²) in [7, 11) is 0. The van der Waals surface area contributed by atoms with Gasteiger partial charge in [-0.05, 0) is 146 Å². The number of hydrogen-bond acceptors (Lipinski definition) is 4. The number of hydrogen-bond donors (Lipinski definition) is 0. The zero-order valence-corrected chi connectivity index (χ0v) is 42.5. The van der Waals surface area contributed by atoms with Crippen molar-refractivity contribution in [3.8, 4) is 44.5 Å². The molecule has 4 nitrogen and oxygen atoms in total. The van der Waals surface area contributed by atoms with Crippen molar-refractivity contribution in [2.75, 3.05) is 4.90 Å². The van der Waals surface area contributed by atoms with Crippen LogP contribution in [-0.4, -0.2) is 0 Å². The van der Waals surface area contributed by atoms with Gasteiger partial charge in [0.25, 0.3) is 0 Å². The number of aryl methyl sites for hydroxylation is 1. The molecular weight excluding hydrogens is 903 g/mol. The Morgan fingerprint density at radius 1 is 0.338 bits per heavy atom. The molecule has 0 saturated carbocycles. The quantitative estimate of drug-likeness (QED) is 0.176. The molecule has 354 valence electrons. The van der Waals surface area contributed by atoms with Crippen molar-refractivity contribution in [3.63, 3.8) is 0 Å². The van der Waals surface area contributed by atoms with Crippen LogP contribution in [0.15, 0.2) is 195 Å². The predicted molar refractivity (Wildman–Crippen MR) is 306 cm³/mol. The van der Waals surface area contributed by atoms with Crippen molar-refractivity contribution < 1.29 is 13.3 Å². The van der Waals surface area contributed by atoms with E-state index >= 15 is 0 Å². The molecule has 16 rings (SSSR count). The van der Waals surface area contributed by atoms with E-state index in [0.717, 1.165) is 83.2 Å². The monoisotopic (exact) mass is 953 g/mol. The molecular formula is C70H51NO3. The van der Waals surface area contributed by atoms with E-state index in [9.17, 15) is 0 Å². The van der Waals surface area contributed by atoms with Gasteiger partial charge in [-0.15, -0.1) is 0 Å². The Morgan fingerprint density at radius 3 is 1.55 bits per heavy atom. The van der Waals surface area contributed by atoms with Gasteiger partial charge < -0.3 is 18.2 Å². The number of benzene rings is 10. The number of nitrogens with zero attached hydrogens (tertiary/aromatic N) is 1. The van der Waals surface area contributed by atoms with Crippen molar-refractivity contribution >= 4 is 82.9 Å². The summed E-state index contributed by atoms with van der Waals surface area (Å²) >= 11 is 0. The minimum absolute atomic E-state index is 0.231. The van der Waals surface area contributed by atoms with Gasteiger partial charge in [0.05, 0.1) is 0 Å². The first-order valence-corrected chi connectivity index (χ1v) is 26.1. The maximum Gasteiger partial charge on any atom is 0.144 e. The number of fused-ring (bicyclic) bond motifs is 22. The van der Waals surface area contributed by atoms with Crippen LogP contribution < -0.4 is 4.90 Å². The first kappa shape index (κ1) is 42.0. The molecule has 0 radical (unpaired) electrons. The highest BCUT2D eigenvalue weighted by Gasteiger charge is 2.49. The highest BCUT2D eigenvalue weighted by Crippen LogP contribution is 2.64. The highest BCUT2D eigenvalue weighted by atomic mass is 16.3. The average Bonchev–Trinajstić information content (AvgIpc) is 4.41. The fourth-order valence-electron chi connectivity index (χ4n) is 14.1. The summed E-state index contributed by atoms with van der Waals surface area (Å²) in [6.07, 6.45) is 0. The van der Waals surface area contributed by atoms with Gasteiger partial charge in [0.1, 0.15) is 33.5 Å². The maximum atomic E-state index is 7.00. The molecule has 0 N–H and O–H groups in total. The molecule has 3 aliphatic rings. The normalized spacial score (nSPS) is 15.3. The van der Waals surface area contributed by atoms with E-state index in [-0.39, 0.29) is 16.2 Å². The predicted octanol–water partition coefficient (Wildman–Crippen LogP) is 19.7. The summed E-state index contributed by atoms with van der Waals surface area (Å²) < 4.78 is 20.2. The van der Waals surface area contributed by atoms with E-state index < -0.39 is 0 Å².